The fourth-order valence-electron chi connectivity index (χ4n) is 1.67. The summed E-state index contributed by atoms with van der Waals surface area (Å²) in [5.41, 5.74) is 0.834. The van der Waals surface area contributed by atoms with E-state index in [4.69, 9.17) is 12.2 Å². The molecule has 7 heteroatoms. The summed E-state index contributed by atoms with van der Waals surface area (Å²) in [4.78, 5) is 24.6. The van der Waals surface area contributed by atoms with Crippen LogP contribution in [0.5, 0.6) is 0 Å². The van der Waals surface area contributed by atoms with Gasteiger partial charge in [-0.2, -0.15) is 0 Å². The lowest BCUT2D eigenvalue weighted by molar-refractivity contribution is -0.309. The van der Waals surface area contributed by atoms with Gasteiger partial charge in [-0.3, -0.25) is 9.69 Å². The molecular weight excluding hydrogens is 362 g/mol. The van der Waals surface area contributed by atoms with Crippen molar-refractivity contribution in [3.05, 3.63) is 39.2 Å². The Labute approximate surface area is 134 Å². The van der Waals surface area contributed by atoms with Crippen LogP contribution >= 0.6 is 39.9 Å². The molecule has 2 rings (SSSR count). The van der Waals surface area contributed by atoms with Gasteiger partial charge in [-0.25, -0.2) is 0 Å². The highest BCUT2D eigenvalue weighted by molar-refractivity contribution is 9.10. The minimum atomic E-state index is -1.33. The molecule has 0 unspecified atom stereocenters. The highest BCUT2D eigenvalue weighted by atomic mass is 79.9. The molecule has 20 heavy (non-hydrogen) atoms. The SMILES string of the molecule is C[C@H](C(=O)[O-])N1C(=O)C(=Cc2cccc(Br)c2)SC1=S. The van der Waals surface area contributed by atoms with Gasteiger partial charge in [0.25, 0.3) is 5.91 Å². The summed E-state index contributed by atoms with van der Waals surface area (Å²) < 4.78 is 1.12. The van der Waals surface area contributed by atoms with E-state index in [0.29, 0.717) is 4.91 Å². The molecule has 0 aliphatic carbocycles. The van der Waals surface area contributed by atoms with E-state index >= 15 is 0 Å². The number of aliphatic carboxylic acids is 1. The molecule has 0 saturated carbocycles. The molecule has 104 valence electrons. The van der Waals surface area contributed by atoms with Crippen LogP contribution in [0.25, 0.3) is 6.08 Å². The van der Waals surface area contributed by atoms with Crippen LogP contribution in [0.15, 0.2) is 33.6 Å². The van der Waals surface area contributed by atoms with Gasteiger partial charge < -0.3 is 9.90 Å². The number of carboxylic acid groups (broad SMARTS) is 1. The maximum Gasteiger partial charge on any atom is 0.266 e. The van der Waals surface area contributed by atoms with Gasteiger partial charge in [0.05, 0.1) is 16.9 Å². The lowest BCUT2D eigenvalue weighted by atomic mass is 10.2. The van der Waals surface area contributed by atoms with Gasteiger partial charge in [0.1, 0.15) is 4.32 Å². The fourth-order valence-corrected chi connectivity index (χ4v) is 3.50. The maximum atomic E-state index is 12.2. The second-order valence-electron chi connectivity index (χ2n) is 4.10. The van der Waals surface area contributed by atoms with Crippen molar-refractivity contribution in [2.75, 3.05) is 0 Å². The number of benzene rings is 1. The molecular formula is C13H9BrNO3S2-. The quantitative estimate of drug-likeness (QED) is 0.599. The summed E-state index contributed by atoms with van der Waals surface area (Å²) in [6.07, 6.45) is 1.69. The van der Waals surface area contributed by atoms with Crippen molar-refractivity contribution in [2.24, 2.45) is 0 Å². The minimum absolute atomic E-state index is 0.230. The Hall–Kier alpha value is -1.18. The highest BCUT2D eigenvalue weighted by Crippen LogP contribution is 2.34. The number of thioether (sulfide) groups is 1. The first-order chi connectivity index (χ1) is 9.40. The Morgan fingerprint density at radius 2 is 2.25 bits per heavy atom. The molecule has 1 aromatic carbocycles. The third kappa shape index (κ3) is 3.11. The van der Waals surface area contributed by atoms with Crippen LogP contribution in [0, 0.1) is 0 Å². The fraction of sp³-hybridized carbons (Fsp3) is 0.154. The van der Waals surface area contributed by atoms with Crippen LogP contribution in [0.3, 0.4) is 0 Å². The maximum absolute atomic E-state index is 12.2. The number of amides is 1. The second-order valence-corrected chi connectivity index (χ2v) is 6.69. The third-order valence-corrected chi connectivity index (χ3v) is 4.52. The van der Waals surface area contributed by atoms with Gasteiger partial charge in [-0.15, -0.1) is 0 Å². The van der Waals surface area contributed by atoms with Crippen molar-refractivity contribution in [1.29, 1.82) is 0 Å². The van der Waals surface area contributed by atoms with E-state index in [9.17, 15) is 14.7 Å². The molecule has 0 aromatic heterocycles. The van der Waals surface area contributed by atoms with E-state index < -0.39 is 17.9 Å². The van der Waals surface area contributed by atoms with Gasteiger partial charge in [0, 0.05) is 4.47 Å². The molecule has 1 amide bonds. The Kier molecular flexibility index (Phi) is 4.62. The zero-order valence-corrected chi connectivity index (χ0v) is 13.5. The Morgan fingerprint density at radius 1 is 1.55 bits per heavy atom. The number of halogens is 1. The number of carbonyl (C=O) groups is 2. The van der Waals surface area contributed by atoms with Crippen LogP contribution in [0.2, 0.25) is 0 Å². The highest BCUT2D eigenvalue weighted by Gasteiger charge is 2.35. The van der Waals surface area contributed by atoms with Crippen molar-refractivity contribution in [3.8, 4) is 0 Å². The number of carboxylic acids is 1. The van der Waals surface area contributed by atoms with E-state index in [1.54, 1.807) is 6.08 Å². The normalized spacial score (nSPS) is 18.7. The second kappa shape index (κ2) is 6.07. The molecule has 1 saturated heterocycles. The monoisotopic (exact) mass is 370 g/mol. The summed E-state index contributed by atoms with van der Waals surface area (Å²) in [6.45, 7) is 1.38. The molecule has 1 aromatic rings. The van der Waals surface area contributed by atoms with Gasteiger partial charge in [-0.05, 0) is 30.7 Å². The summed E-state index contributed by atoms with van der Waals surface area (Å²) >= 11 is 9.50. The first-order valence-electron chi connectivity index (χ1n) is 5.63. The predicted molar refractivity (Wildman–Crippen MR) is 83.6 cm³/mol. The third-order valence-electron chi connectivity index (χ3n) is 2.70. The van der Waals surface area contributed by atoms with Crippen LogP contribution < -0.4 is 5.11 Å². The predicted octanol–water partition coefficient (Wildman–Crippen LogP) is 1.79. The van der Waals surface area contributed by atoms with E-state index in [-0.39, 0.29) is 4.32 Å². The average Bonchev–Trinajstić information content (AvgIpc) is 2.63. The summed E-state index contributed by atoms with van der Waals surface area (Å²) in [5, 5.41) is 10.9. The minimum Gasteiger partial charge on any atom is -0.548 e. The van der Waals surface area contributed by atoms with Gasteiger partial charge in [0.15, 0.2) is 0 Å². The van der Waals surface area contributed by atoms with Crippen molar-refractivity contribution < 1.29 is 14.7 Å². The number of carbonyl (C=O) groups excluding carboxylic acids is 2. The molecule has 1 aliphatic heterocycles. The lowest BCUT2D eigenvalue weighted by Gasteiger charge is -2.23. The first kappa shape index (κ1) is 15.2. The zero-order chi connectivity index (χ0) is 14.9. The number of nitrogens with zero attached hydrogens (tertiary/aromatic N) is 1. The van der Waals surface area contributed by atoms with Gasteiger partial charge in [-0.1, -0.05) is 52.0 Å². The van der Waals surface area contributed by atoms with Gasteiger partial charge >= 0.3 is 0 Å². The molecule has 0 radical (unpaired) electrons. The number of rotatable bonds is 3. The summed E-state index contributed by atoms with van der Waals surface area (Å²) in [5.74, 6) is -1.73. The Bertz CT molecular complexity index is 630. The first-order valence-corrected chi connectivity index (χ1v) is 7.65. The van der Waals surface area contributed by atoms with Crippen LogP contribution in [-0.4, -0.2) is 27.1 Å². The van der Waals surface area contributed by atoms with E-state index in [2.05, 4.69) is 15.9 Å². The molecule has 0 spiro atoms. The molecule has 0 N–H and O–H groups in total. The van der Waals surface area contributed by atoms with Crippen molar-refractivity contribution in [1.82, 2.24) is 4.90 Å². The molecule has 0 bridgehead atoms. The van der Waals surface area contributed by atoms with Gasteiger partial charge in [0.2, 0.25) is 0 Å². The van der Waals surface area contributed by atoms with Crippen molar-refractivity contribution in [3.63, 3.8) is 0 Å². The molecule has 4 nitrogen and oxygen atoms in total. The topological polar surface area (TPSA) is 60.4 Å². The van der Waals surface area contributed by atoms with E-state index in [1.165, 1.54) is 6.92 Å². The number of hydrogen-bond acceptors (Lipinski definition) is 5. The standard InChI is InChI=1S/C13H10BrNO3S2/c1-7(12(17)18)15-11(16)10(20-13(15)19)6-8-3-2-4-9(14)5-8/h2-7H,1H3,(H,17,18)/p-1/t7-/m1/s1. The Balaban J connectivity index is 2.30. The van der Waals surface area contributed by atoms with Crippen molar-refractivity contribution in [2.45, 2.75) is 13.0 Å². The lowest BCUT2D eigenvalue weighted by Crippen LogP contribution is -2.48. The zero-order valence-electron chi connectivity index (χ0n) is 10.3. The summed E-state index contributed by atoms with van der Waals surface area (Å²) in [6, 6.07) is 6.35. The number of hydrogen-bond donors (Lipinski definition) is 0. The van der Waals surface area contributed by atoms with Crippen LogP contribution in [0.4, 0.5) is 0 Å². The van der Waals surface area contributed by atoms with E-state index in [0.717, 1.165) is 26.7 Å². The largest absolute Gasteiger partial charge is 0.548 e. The molecule has 1 fully saturated rings. The van der Waals surface area contributed by atoms with E-state index in [1.807, 2.05) is 24.3 Å². The summed E-state index contributed by atoms with van der Waals surface area (Å²) in [7, 11) is 0. The smallest absolute Gasteiger partial charge is 0.266 e. The van der Waals surface area contributed by atoms with Crippen LogP contribution in [-0.2, 0) is 9.59 Å². The van der Waals surface area contributed by atoms with Crippen molar-refractivity contribution >= 4 is 62.2 Å². The number of thiocarbonyl (C=S) groups is 1. The average molecular weight is 371 g/mol. The Morgan fingerprint density at radius 3 is 2.85 bits per heavy atom. The van der Waals surface area contributed by atoms with Crippen LogP contribution in [0.1, 0.15) is 12.5 Å². The molecule has 1 aliphatic rings. The molecule has 1 atom stereocenters. The molecule has 1 heterocycles.